The first-order valence-electron chi connectivity index (χ1n) is 4.31. The average molecular weight is 292 g/mol. The normalized spacial score (nSPS) is 12.7. The SMILES string of the molecule is CC(=N)N[C@@H](C)CSC[C@H](N)C(=O)O.Cl.Cl. The van der Waals surface area contributed by atoms with Gasteiger partial charge in [-0.25, -0.2) is 0 Å². The van der Waals surface area contributed by atoms with E-state index in [1.807, 2.05) is 6.92 Å². The molecule has 0 unspecified atom stereocenters. The van der Waals surface area contributed by atoms with E-state index in [4.69, 9.17) is 16.2 Å². The molecule has 0 fully saturated rings. The van der Waals surface area contributed by atoms with Crippen molar-refractivity contribution in [1.29, 1.82) is 5.41 Å². The van der Waals surface area contributed by atoms with Gasteiger partial charge < -0.3 is 16.2 Å². The molecule has 0 radical (unpaired) electrons. The van der Waals surface area contributed by atoms with Crippen LogP contribution in [-0.2, 0) is 4.79 Å². The van der Waals surface area contributed by atoms with Gasteiger partial charge in [0, 0.05) is 17.5 Å². The van der Waals surface area contributed by atoms with Gasteiger partial charge >= 0.3 is 5.97 Å². The molecule has 0 aromatic carbocycles. The van der Waals surface area contributed by atoms with Crippen LogP contribution in [0.4, 0.5) is 0 Å². The molecule has 0 saturated heterocycles. The number of amidine groups is 1. The van der Waals surface area contributed by atoms with Gasteiger partial charge in [-0.1, -0.05) is 0 Å². The van der Waals surface area contributed by atoms with E-state index in [0.29, 0.717) is 11.6 Å². The number of carboxylic acids is 1. The fourth-order valence-electron chi connectivity index (χ4n) is 0.854. The number of nitrogens with one attached hydrogen (secondary N) is 2. The fourth-order valence-corrected chi connectivity index (χ4v) is 1.82. The summed E-state index contributed by atoms with van der Waals surface area (Å²) in [6, 6.07) is -0.633. The molecule has 0 aromatic heterocycles. The Balaban J connectivity index is -0.000000845. The zero-order valence-corrected chi connectivity index (χ0v) is 11.7. The molecule has 5 N–H and O–H groups in total. The van der Waals surface area contributed by atoms with Crippen molar-refractivity contribution < 1.29 is 9.90 Å². The van der Waals surface area contributed by atoms with E-state index in [-0.39, 0.29) is 30.9 Å². The Hall–Kier alpha value is -0.170. The highest BCUT2D eigenvalue weighted by Crippen LogP contribution is 2.04. The van der Waals surface area contributed by atoms with Crippen LogP contribution in [0.2, 0.25) is 0 Å². The third-order valence-electron chi connectivity index (χ3n) is 1.45. The Morgan fingerprint density at radius 1 is 1.50 bits per heavy atom. The Kier molecular flexibility index (Phi) is 15.0. The molecule has 5 nitrogen and oxygen atoms in total. The van der Waals surface area contributed by atoms with E-state index in [1.54, 1.807) is 6.92 Å². The van der Waals surface area contributed by atoms with Crippen LogP contribution in [0.3, 0.4) is 0 Å². The third-order valence-corrected chi connectivity index (χ3v) is 2.78. The molecular weight excluding hydrogens is 273 g/mol. The topological polar surface area (TPSA) is 99.2 Å². The number of thioether (sulfide) groups is 1. The Bertz CT molecular complexity index is 219. The van der Waals surface area contributed by atoms with E-state index < -0.39 is 12.0 Å². The fraction of sp³-hybridized carbons (Fsp3) is 0.750. The van der Waals surface area contributed by atoms with Crippen molar-refractivity contribution >= 4 is 48.4 Å². The molecule has 8 heteroatoms. The molecule has 0 heterocycles. The number of carboxylic acid groups (broad SMARTS) is 1. The van der Waals surface area contributed by atoms with E-state index in [0.717, 1.165) is 5.75 Å². The number of rotatable bonds is 6. The summed E-state index contributed by atoms with van der Waals surface area (Å²) < 4.78 is 0. The van der Waals surface area contributed by atoms with Gasteiger partial charge in [0.25, 0.3) is 0 Å². The maximum atomic E-state index is 10.4. The minimum absolute atomic E-state index is 0. The molecule has 0 aliphatic carbocycles. The predicted molar refractivity (Wildman–Crippen MR) is 73.4 cm³/mol. The van der Waals surface area contributed by atoms with Crippen molar-refractivity contribution in [3.05, 3.63) is 0 Å². The maximum absolute atomic E-state index is 10.4. The van der Waals surface area contributed by atoms with Gasteiger partial charge in [-0.05, 0) is 13.8 Å². The second-order valence-corrected chi connectivity index (χ2v) is 4.23. The standard InChI is InChI=1S/C8H17N3O2S.2ClH/c1-5(11-6(2)9)3-14-4-7(10)8(12)13;;/h5,7H,3-4,10H2,1-2H3,(H2,9,11)(H,12,13);2*1H/t5-,7-;;/m0../s1. The van der Waals surface area contributed by atoms with Crippen LogP contribution in [0.15, 0.2) is 0 Å². The molecule has 2 atom stereocenters. The summed E-state index contributed by atoms with van der Waals surface area (Å²) in [5.41, 5.74) is 5.32. The Labute approximate surface area is 112 Å². The quantitative estimate of drug-likeness (QED) is 0.431. The molecule has 0 aliphatic heterocycles. The van der Waals surface area contributed by atoms with Gasteiger partial charge in [0.05, 0.1) is 5.84 Å². The highest BCUT2D eigenvalue weighted by molar-refractivity contribution is 7.99. The first kappa shape index (κ1) is 21.1. The van der Waals surface area contributed by atoms with Gasteiger partial charge in [0.15, 0.2) is 0 Å². The number of halogens is 2. The van der Waals surface area contributed by atoms with Gasteiger partial charge in [0.1, 0.15) is 6.04 Å². The number of aliphatic carboxylic acids is 1. The zero-order valence-electron chi connectivity index (χ0n) is 9.23. The van der Waals surface area contributed by atoms with E-state index >= 15 is 0 Å². The summed E-state index contributed by atoms with van der Waals surface area (Å²) in [5.74, 6) is 0.595. The summed E-state index contributed by atoms with van der Waals surface area (Å²) in [7, 11) is 0. The number of carbonyl (C=O) groups is 1. The van der Waals surface area contributed by atoms with Crippen molar-refractivity contribution in [2.24, 2.45) is 5.73 Å². The molecule has 0 amide bonds. The summed E-state index contributed by atoms with van der Waals surface area (Å²) >= 11 is 1.47. The van der Waals surface area contributed by atoms with Crippen molar-refractivity contribution in [2.45, 2.75) is 25.9 Å². The molecule has 98 valence electrons. The summed E-state index contributed by atoms with van der Waals surface area (Å²) in [6.07, 6.45) is 0. The summed E-state index contributed by atoms with van der Waals surface area (Å²) in [5, 5.41) is 18.6. The molecule has 0 aliphatic rings. The van der Waals surface area contributed by atoms with Crippen LogP contribution in [0.1, 0.15) is 13.8 Å². The lowest BCUT2D eigenvalue weighted by Gasteiger charge is -2.14. The minimum Gasteiger partial charge on any atom is -0.480 e. The monoisotopic (exact) mass is 291 g/mol. The van der Waals surface area contributed by atoms with Crippen LogP contribution < -0.4 is 11.1 Å². The van der Waals surface area contributed by atoms with Crippen LogP contribution in [0.5, 0.6) is 0 Å². The van der Waals surface area contributed by atoms with Crippen molar-refractivity contribution in [3.8, 4) is 0 Å². The van der Waals surface area contributed by atoms with Crippen molar-refractivity contribution in [1.82, 2.24) is 5.32 Å². The number of hydrogen-bond donors (Lipinski definition) is 4. The lowest BCUT2D eigenvalue weighted by molar-refractivity contribution is -0.137. The Morgan fingerprint density at radius 3 is 2.38 bits per heavy atom. The van der Waals surface area contributed by atoms with Crippen molar-refractivity contribution in [2.75, 3.05) is 11.5 Å². The second kappa shape index (κ2) is 11.3. The second-order valence-electron chi connectivity index (χ2n) is 3.15. The van der Waals surface area contributed by atoms with E-state index in [1.165, 1.54) is 11.8 Å². The molecular formula is C8H19Cl2N3O2S. The first-order chi connectivity index (χ1) is 6.43. The molecule has 0 rings (SSSR count). The summed E-state index contributed by atoms with van der Waals surface area (Å²) in [6.45, 7) is 3.61. The lowest BCUT2D eigenvalue weighted by atomic mass is 10.4. The zero-order chi connectivity index (χ0) is 11.1. The number of nitrogens with two attached hydrogens (primary N) is 1. The van der Waals surface area contributed by atoms with Crippen molar-refractivity contribution in [3.63, 3.8) is 0 Å². The molecule has 0 aromatic rings. The minimum atomic E-state index is -0.971. The Morgan fingerprint density at radius 2 is 2.00 bits per heavy atom. The van der Waals surface area contributed by atoms with Crippen LogP contribution in [0.25, 0.3) is 0 Å². The highest BCUT2D eigenvalue weighted by atomic mass is 35.5. The molecule has 16 heavy (non-hydrogen) atoms. The third kappa shape index (κ3) is 11.9. The van der Waals surface area contributed by atoms with Gasteiger partial charge in [-0.2, -0.15) is 11.8 Å². The van der Waals surface area contributed by atoms with Crippen LogP contribution in [0, 0.1) is 5.41 Å². The molecule has 0 spiro atoms. The van der Waals surface area contributed by atoms with Gasteiger partial charge in [-0.3, -0.25) is 10.2 Å². The van der Waals surface area contributed by atoms with Crippen LogP contribution >= 0.6 is 36.6 Å². The largest absolute Gasteiger partial charge is 0.480 e. The highest BCUT2D eigenvalue weighted by Gasteiger charge is 2.11. The molecule has 0 bridgehead atoms. The predicted octanol–water partition coefficient (Wildman–Crippen LogP) is 0.950. The van der Waals surface area contributed by atoms with E-state index in [2.05, 4.69) is 5.32 Å². The lowest BCUT2D eigenvalue weighted by Crippen LogP contribution is -2.35. The van der Waals surface area contributed by atoms with E-state index in [9.17, 15) is 4.79 Å². The van der Waals surface area contributed by atoms with Crippen LogP contribution in [-0.4, -0.2) is 40.5 Å². The smallest absolute Gasteiger partial charge is 0.321 e. The molecule has 0 saturated carbocycles. The maximum Gasteiger partial charge on any atom is 0.321 e. The first-order valence-corrected chi connectivity index (χ1v) is 5.46. The summed E-state index contributed by atoms with van der Waals surface area (Å²) in [4.78, 5) is 10.4. The van der Waals surface area contributed by atoms with Gasteiger partial charge in [0.2, 0.25) is 0 Å². The van der Waals surface area contributed by atoms with Gasteiger partial charge in [-0.15, -0.1) is 24.8 Å². The average Bonchev–Trinajstić information content (AvgIpc) is 2.02. The number of hydrogen-bond acceptors (Lipinski definition) is 4.